The van der Waals surface area contributed by atoms with Gasteiger partial charge in [-0.3, -0.25) is 9.59 Å². The van der Waals surface area contributed by atoms with E-state index >= 15 is 0 Å². The molecule has 4 fully saturated rings. The van der Waals surface area contributed by atoms with E-state index in [0.717, 1.165) is 108 Å². The molecule has 2 unspecified atom stereocenters. The number of ketones is 2. The molecule has 0 radical (unpaired) electrons. The minimum absolute atomic E-state index is 0.132. The molecular formula is C47H53N3O4. The van der Waals surface area contributed by atoms with Gasteiger partial charge in [0, 0.05) is 66.0 Å². The Balaban J connectivity index is 0.000000157. The first-order valence-electron chi connectivity index (χ1n) is 20.2. The quantitative estimate of drug-likeness (QED) is 0.119. The van der Waals surface area contributed by atoms with Gasteiger partial charge in [-0.05, 0) is 130 Å². The molecule has 2 aliphatic carbocycles. The average molecular weight is 724 g/mol. The zero-order valence-corrected chi connectivity index (χ0v) is 31.6. The van der Waals surface area contributed by atoms with Gasteiger partial charge in [0.1, 0.15) is 12.4 Å². The van der Waals surface area contributed by atoms with Crippen molar-refractivity contribution < 1.29 is 19.1 Å². The van der Waals surface area contributed by atoms with Crippen LogP contribution in [-0.2, 0) is 6.61 Å². The lowest BCUT2D eigenvalue weighted by Crippen LogP contribution is -2.39. The van der Waals surface area contributed by atoms with Crippen LogP contribution in [0.2, 0.25) is 0 Å². The van der Waals surface area contributed by atoms with E-state index in [4.69, 9.17) is 9.47 Å². The van der Waals surface area contributed by atoms with Crippen LogP contribution < -0.4 is 9.47 Å². The van der Waals surface area contributed by atoms with Crippen LogP contribution in [0.5, 0.6) is 11.6 Å². The maximum Gasteiger partial charge on any atom is 0.213 e. The van der Waals surface area contributed by atoms with Crippen LogP contribution in [0.3, 0.4) is 0 Å². The number of methoxy groups -OCH3 is 1. The molecule has 0 spiro atoms. The fraction of sp³-hybridized carbons (Fsp3) is 0.426. The Morgan fingerprint density at radius 3 is 1.93 bits per heavy atom. The number of nitrogens with zero attached hydrogens (tertiary/aromatic N) is 3. The SMILES string of the molecule is COc1ccc2cc(C(=O)C3CCCN(CC4CC4)C3)ccc2n1.O=C(c1ccc2c(OCc3ccccc3)cccc2c1)C1CCCN(CC2CC2)C1. The van der Waals surface area contributed by atoms with Crippen molar-refractivity contribution in [3.63, 3.8) is 0 Å². The van der Waals surface area contributed by atoms with Crippen molar-refractivity contribution in [1.29, 1.82) is 0 Å². The van der Waals surface area contributed by atoms with E-state index in [0.29, 0.717) is 18.3 Å². The molecule has 4 aliphatic rings. The predicted octanol–water partition coefficient (Wildman–Crippen LogP) is 9.27. The molecule has 0 bridgehead atoms. The molecule has 54 heavy (non-hydrogen) atoms. The molecule has 2 saturated carbocycles. The average Bonchev–Trinajstić information content (AvgIpc) is 4.18. The highest BCUT2D eigenvalue weighted by Crippen LogP contribution is 2.34. The van der Waals surface area contributed by atoms with E-state index in [9.17, 15) is 9.59 Å². The number of carbonyl (C=O) groups excluding carboxylic acids is 2. The van der Waals surface area contributed by atoms with Crippen LogP contribution in [0.15, 0.2) is 97.1 Å². The topological polar surface area (TPSA) is 72.0 Å². The molecule has 2 atom stereocenters. The van der Waals surface area contributed by atoms with Crippen LogP contribution in [-0.4, -0.2) is 72.7 Å². The van der Waals surface area contributed by atoms with Crippen molar-refractivity contribution in [1.82, 2.24) is 14.8 Å². The van der Waals surface area contributed by atoms with E-state index in [2.05, 4.69) is 33.0 Å². The highest BCUT2D eigenvalue weighted by molar-refractivity contribution is 6.02. The summed E-state index contributed by atoms with van der Waals surface area (Å²) in [5, 5.41) is 3.12. The van der Waals surface area contributed by atoms with Gasteiger partial charge in [-0.15, -0.1) is 0 Å². The van der Waals surface area contributed by atoms with Crippen molar-refractivity contribution >= 4 is 33.2 Å². The van der Waals surface area contributed by atoms with Gasteiger partial charge < -0.3 is 19.3 Å². The molecule has 9 rings (SSSR count). The Kier molecular flexibility index (Phi) is 11.3. The lowest BCUT2D eigenvalue weighted by Gasteiger charge is -2.32. The highest BCUT2D eigenvalue weighted by atomic mass is 16.5. The van der Waals surface area contributed by atoms with Gasteiger partial charge in [-0.2, -0.15) is 0 Å². The third-order valence-electron chi connectivity index (χ3n) is 11.7. The fourth-order valence-electron chi connectivity index (χ4n) is 8.32. The summed E-state index contributed by atoms with van der Waals surface area (Å²) in [5.74, 6) is 4.09. The molecule has 1 aromatic heterocycles. The second kappa shape index (κ2) is 16.8. The van der Waals surface area contributed by atoms with Crippen LogP contribution >= 0.6 is 0 Å². The number of likely N-dealkylation sites (tertiary alicyclic amines) is 2. The number of aromatic nitrogens is 1. The van der Waals surface area contributed by atoms with Gasteiger partial charge in [-0.25, -0.2) is 4.98 Å². The summed E-state index contributed by atoms with van der Waals surface area (Å²) in [7, 11) is 1.61. The number of piperidine rings is 2. The molecule has 2 saturated heterocycles. The maximum atomic E-state index is 13.2. The van der Waals surface area contributed by atoms with E-state index in [1.165, 1.54) is 38.8 Å². The van der Waals surface area contributed by atoms with E-state index < -0.39 is 0 Å². The lowest BCUT2D eigenvalue weighted by atomic mass is 9.89. The van der Waals surface area contributed by atoms with Gasteiger partial charge in [0.05, 0.1) is 12.6 Å². The number of pyridine rings is 1. The van der Waals surface area contributed by atoms with Gasteiger partial charge in [0.15, 0.2) is 11.6 Å². The van der Waals surface area contributed by atoms with Crippen molar-refractivity contribution in [3.8, 4) is 11.6 Å². The first kappa shape index (κ1) is 36.4. The molecular weight excluding hydrogens is 671 g/mol. The standard InChI is InChI=1S/C27H29NO2.C20H24N2O2/c29-27(24-9-5-15-28(18-24)17-20-11-12-20)23-13-14-25-22(16-23)8-4-10-26(25)30-19-21-6-2-1-3-7-21;1-24-19-9-7-15-11-16(6-8-18(15)21-19)20(23)17-3-2-10-22(13-17)12-14-4-5-14/h1-4,6-8,10,13-14,16,20,24H,5,9,11-12,15,17-19H2;6-9,11,14,17H,2-5,10,12-13H2,1H3. The van der Waals surface area contributed by atoms with E-state index in [1.54, 1.807) is 7.11 Å². The summed E-state index contributed by atoms with van der Waals surface area (Å²) < 4.78 is 11.2. The summed E-state index contributed by atoms with van der Waals surface area (Å²) in [4.78, 5) is 35.6. The zero-order chi connectivity index (χ0) is 36.9. The normalized spacial score (nSPS) is 20.6. The van der Waals surface area contributed by atoms with Crippen LogP contribution in [0, 0.1) is 23.7 Å². The van der Waals surface area contributed by atoms with Crippen LogP contribution in [0.4, 0.5) is 0 Å². The highest BCUT2D eigenvalue weighted by Gasteiger charge is 2.32. The van der Waals surface area contributed by atoms with Gasteiger partial charge in [-0.1, -0.05) is 48.5 Å². The molecule has 0 N–H and O–H groups in total. The lowest BCUT2D eigenvalue weighted by molar-refractivity contribution is 0.0808. The number of hydrogen-bond acceptors (Lipinski definition) is 7. The van der Waals surface area contributed by atoms with Crippen molar-refractivity contribution in [2.24, 2.45) is 23.7 Å². The zero-order valence-electron chi connectivity index (χ0n) is 31.6. The Morgan fingerprint density at radius 1 is 0.667 bits per heavy atom. The van der Waals surface area contributed by atoms with Crippen LogP contribution in [0.1, 0.15) is 77.6 Å². The molecule has 3 heterocycles. The predicted molar refractivity (Wildman–Crippen MR) is 215 cm³/mol. The van der Waals surface area contributed by atoms with Crippen molar-refractivity contribution in [2.45, 2.75) is 58.0 Å². The second-order valence-electron chi connectivity index (χ2n) is 16.0. The largest absolute Gasteiger partial charge is 0.488 e. The third kappa shape index (κ3) is 9.19. The number of benzene rings is 4. The molecule has 7 heteroatoms. The number of ether oxygens (including phenoxy) is 2. The summed E-state index contributed by atoms with van der Waals surface area (Å²) >= 11 is 0. The smallest absolute Gasteiger partial charge is 0.213 e. The van der Waals surface area contributed by atoms with E-state index in [1.807, 2.05) is 78.9 Å². The number of rotatable bonds is 12. The molecule has 4 aromatic carbocycles. The third-order valence-corrected chi connectivity index (χ3v) is 11.7. The summed E-state index contributed by atoms with van der Waals surface area (Å²) in [5.41, 5.74) is 3.66. The summed E-state index contributed by atoms with van der Waals surface area (Å²) in [6.45, 7) is 7.07. The van der Waals surface area contributed by atoms with Gasteiger partial charge >= 0.3 is 0 Å². The van der Waals surface area contributed by atoms with Gasteiger partial charge in [0.25, 0.3) is 0 Å². The van der Waals surface area contributed by atoms with Crippen LogP contribution in [0.25, 0.3) is 21.7 Å². The molecule has 280 valence electrons. The van der Waals surface area contributed by atoms with Crippen molar-refractivity contribution in [2.75, 3.05) is 46.4 Å². The minimum Gasteiger partial charge on any atom is -0.488 e. The maximum absolute atomic E-state index is 13.2. The van der Waals surface area contributed by atoms with Gasteiger partial charge in [0.2, 0.25) is 5.88 Å². The summed E-state index contributed by atoms with van der Waals surface area (Å²) in [6.07, 6.45) is 9.77. The first-order valence-corrected chi connectivity index (χ1v) is 20.2. The van der Waals surface area contributed by atoms with E-state index in [-0.39, 0.29) is 17.6 Å². The number of Topliss-reactive ketones (excluding diaryl/α,β-unsaturated/α-hetero) is 2. The Hall–Kier alpha value is -4.59. The summed E-state index contributed by atoms with van der Waals surface area (Å²) in [6, 6.07) is 32.0. The Bertz CT molecular complexity index is 2070. The number of hydrogen-bond donors (Lipinski definition) is 0. The first-order chi connectivity index (χ1) is 26.5. The number of carbonyl (C=O) groups is 2. The molecule has 5 aromatic rings. The fourth-order valence-corrected chi connectivity index (χ4v) is 8.32. The second-order valence-corrected chi connectivity index (χ2v) is 16.0. The molecule has 2 aliphatic heterocycles. The molecule has 7 nitrogen and oxygen atoms in total. The van der Waals surface area contributed by atoms with Crippen molar-refractivity contribution in [3.05, 3.63) is 114 Å². The monoisotopic (exact) mass is 723 g/mol. The number of fused-ring (bicyclic) bond motifs is 2. The Morgan fingerprint density at radius 2 is 1.30 bits per heavy atom. The minimum atomic E-state index is 0.132. The Labute approximate surface area is 319 Å². The molecule has 0 amide bonds.